The van der Waals surface area contributed by atoms with Gasteiger partial charge in [-0.1, -0.05) is 6.92 Å². The van der Waals surface area contributed by atoms with Gasteiger partial charge in [-0.15, -0.1) is 0 Å². The first-order chi connectivity index (χ1) is 9.31. The third kappa shape index (κ3) is 5.58. The number of anilines is 2. The van der Waals surface area contributed by atoms with Gasteiger partial charge in [0.15, 0.2) is 0 Å². The topological polar surface area (TPSA) is 61.2 Å². The molecule has 0 atom stereocenters. The van der Waals surface area contributed by atoms with E-state index in [0.29, 0.717) is 19.6 Å². The SMILES string of the molecule is CCCNc1cncc(N(CCC#N)CCOC)c1. The Morgan fingerprint density at radius 1 is 1.42 bits per heavy atom. The molecule has 1 rings (SSSR count). The number of rotatable bonds is 9. The van der Waals surface area contributed by atoms with E-state index in [1.807, 2.05) is 12.4 Å². The minimum absolute atomic E-state index is 0.496. The van der Waals surface area contributed by atoms with Gasteiger partial charge in [-0.05, 0) is 12.5 Å². The second kappa shape index (κ2) is 9.17. The number of ether oxygens (including phenoxy) is 1. The molecule has 0 bridgehead atoms. The first-order valence-corrected chi connectivity index (χ1v) is 6.61. The van der Waals surface area contributed by atoms with Crippen LogP contribution in [-0.2, 0) is 4.74 Å². The van der Waals surface area contributed by atoms with Crippen LogP contribution in [0.1, 0.15) is 19.8 Å². The summed E-state index contributed by atoms with van der Waals surface area (Å²) in [5.41, 5.74) is 2.03. The van der Waals surface area contributed by atoms with Crippen LogP contribution in [0.25, 0.3) is 0 Å². The van der Waals surface area contributed by atoms with E-state index in [4.69, 9.17) is 10.00 Å². The van der Waals surface area contributed by atoms with Crippen molar-refractivity contribution in [3.63, 3.8) is 0 Å². The molecule has 0 aliphatic rings. The average molecular weight is 262 g/mol. The quantitative estimate of drug-likeness (QED) is 0.739. The predicted molar refractivity (Wildman–Crippen MR) is 77.3 cm³/mol. The standard InChI is InChI=1S/C14H22N4O/c1-3-6-17-13-10-14(12-16-11-13)18(7-4-5-15)8-9-19-2/h10-12,17H,3-4,6-9H2,1-2H3. The maximum absolute atomic E-state index is 8.72. The van der Waals surface area contributed by atoms with Crippen molar-refractivity contribution in [1.29, 1.82) is 5.26 Å². The van der Waals surface area contributed by atoms with Crippen molar-refractivity contribution in [3.8, 4) is 6.07 Å². The van der Waals surface area contributed by atoms with E-state index in [0.717, 1.165) is 30.9 Å². The molecule has 1 aromatic rings. The fourth-order valence-electron chi connectivity index (χ4n) is 1.72. The highest BCUT2D eigenvalue weighted by molar-refractivity contribution is 5.55. The molecule has 0 saturated heterocycles. The Kier molecular flexibility index (Phi) is 7.37. The summed E-state index contributed by atoms with van der Waals surface area (Å²) in [4.78, 5) is 6.37. The summed E-state index contributed by atoms with van der Waals surface area (Å²) >= 11 is 0. The highest BCUT2D eigenvalue weighted by atomic mass is 16.5. The summed E-state index contributed by atoms with van der Waals surface area (Å²) in [6.07, 6.45) is 5.21. The number of methoxy groups -OCH3 is 1. The number of aromatic nitrogens is 1. The molecular weight excluding hydrogens is 240 g/mol. The molecule has 5 heteroatoms. The van der Waals surface area contributed by atoms with Crippen LogP contribution >= 0.6 is 0 Å². The van der Waals surface area contributed by atoms with Crippen LogP contribution in [0.3, 0.4) is 0 Å². The fraction of sp³-hybridized carbons (Fsp3) is 0.571. The zero-order chi connectivity index (χ0) is 13.9. The van der Waals surface area contributed by atoms with E-state index < -0.39 is 0 Å². The van der Waals surface area contributed by atoms with E-state index >= 15 is 0 Å². The zero-order valence-corrected chi connectivity index (χ0v) is 11.7. The van der Waals surface area contributed by atoms with Crippen LogP contribution in [0.5, 0.6) is 0 Å². The van der Waals surface area contributed by atoms with Gasteiger partial charge in [0.2, 0.25) is 0 Å². The van der Waals surface area contributed by atoms with Crippen LogP contribution in [0.15, 0.2) is 18.5 Å². The summed E-state index contributed by atoms with van der Waals surface area (Å²) in [5, 5.41) is 12.0. The summed E-state index contributed by atoms with van der Waals surface area (Å²) < 4.78 is 5.11. The van der Waals surface area contributed by atoms with Crippen LogP contribution in [0.4, 0.5) is 11.4 Å². The van der Waals surface area contributed by atoms with Crippen molar-refractivity contribution in [3.05, 3.63) is 18.5 Å². The van der Waals surface area contributed by atoms with Crippen LogP contribution in [0, 0.1) is 11.3 Å². The Hall–Kier alpha value is -1.80. The lowest BCUT2D eigenvalue weighted by atomic mass is 10.3. The number of hydrogen-bond acceptors (Lipinski definition) is 5. The smallest absolute Gasteiger partial charge is 0.0640 e. The third-order valence-electron chi connectivity index (χ3n) is 2.73. The van der Waals surface area contributed by atoms with Crippen LogP contribution in [0.2, 0.25) is 0 Å². The van der Waals surface area contributed by atoms with Crippen molar-refractivity contribution in [2.75, 3.05) is 43.6 Å². The Morgan fingerprint density at radius 3 is 2.95 bits per heavy atom. The van der Waals surface area contributed by atoms with Gasteiger partial charge in [0.05, 0.1) is 42.9 Å². The molecule has 0 saturated carbocycles. The zero-order valence-electron chi connectivity index (χ0n) is 11.7. The number of pyridine rings is 1. The first-order valence-electron chi connectivity index (χ1n) is 6.61. The third-order valence-corrected chi connectivity index (χ3v) is 2.73. The van der Waals surface area contributed by atoms with E-state index in [9.17, 15) is 0 Å². The Bertz CT molecular complexity index is 403. The molecule has 0 radical (unpaired) electrons. The highest BCUT2D eigenvalue weighted by Gasteiger charge is 2.07. The van der Waals surface area contributed by atoms with Gasteiger partial charge in [-0.25, -0.2) is 0 Å². The van der Waals surface area contributed by atoms with E-state index in [1.165, 1.54) is 0 Å². The summed E-state index contributed by atoms with van der Waals surface area (Å²) in [6, 6.07) is 4.24. The van der Waals surface area contributed by atoms with Crippen LogP contribution in [-0.4, -0.2) is 38.3 Å². The second-order valence-electron chi connectivity index (χ2n) is 4.25. The van der Waals surface area contributed by atoms with E-state index in [2.05, 4.69) is 34.3 Å². The molecule has 0 aromatic carbocycles. The molecule has 0 fully saturated rings. The normalized spacial score (nSPS) is 9.95. The first kappa shape index (κ1) is 15.3. The lowest BCUT2D eigenvalue weighted by molar-refractivity contribution is 0.205. The molecule has 1 N–H and O–H groups in total. The van der Waals surface area contributed by atoms with Crippen molar-refractivity contribution in [1.82, 2.24) is 4.98 Å². The molecule has 0 unspecified atom stereocenters. The van der Waals surface area contributed by atoms with Gasteiger partial charge in [0, 0.05) is 26.7 Å². The summed E-state index contributed by atoms with van der Waals surface area (Å²) in [6.45, 7) is 5.15. The predicted octanol–water partition coefficient (Wildman–Crippen LogP) is 2.27. The number of nitrogens with zero attached hydrogens (tertiary/aromatic N) is 3. The lowest BCUT2D eigenvalue weighted by Gasteiger charge is -2.23. The molecule has 19 heavy (non-hydrogen) atoms. The molecule has 0 aliphatic heterocycles. The Morgan fingerprint density at radius 2 is 2.26 bits per heavy atom. The minimum atomic E-state index is 0.496. The maximum Gasteiger partial charge on any atom is 0.0640 e. The van der Waals surface area contributed by atoms with Gasteiger partial charge in [0.1, 0.15) is 0 Å². The van der Waals surface area contributed by atoms with E-state index in [-0.39, 0.29) is 0 Å². The van der Waals surface area contributed by atoms with Crippen molar-refractivity contribution in [2.24, 2.45) is 0 Å². The molecule has 0 amide bonds. The van der Waals surface area contributed by atoms with Crippen molar-refractivity contribution < 1.29 is 4.74 Å². The molecule has 1 heterocycles. The average Bonchev–Trinajstić information content (AvgIpc) is 2.45. The molecule has 0 spiro atoms. The van der Waals surface area contributed by atoms with Crippen molar-refractivity contribution >= 4 is 11.4 Å². The molecule has 5 nitrogen and oxygen atoms in total. The maximum atomic E-state index is 8.72. The number of nitrogens with one attached hydrogen (secondary N) is 1. The molecule has 104 valence electrons. The molecule has 1 aromatic heterocycles. The number of hydrogen-bond donors (Lipinski definition) is 1. The molecule has 0 aliphatic carbocycles. The summed E-state index contributed by atoms with van der Waals surface area (Å²) in [7, 11) is 1.68. The lowest BCUT2D eigenvalue weighted by Crippen LogP contribution is -2.28. The van der Waals surface area contributed by atoms with Gasteiger partial charge in [-0.2, -0.15) is 5.26 Å². The van der Waals surface area contributed by atoms with Gasteiger partial charge in [0.25, 0.3) is 0 Å². The second-order valence-corrected chi connectivity index (χ2v) is 4.25. The monoisotopic (exact) mass is 262 g/mol. The highest BCUT2D eigenvalue weighted by Crippen LogP contribution is 2.18. The van der Waals surface area contributed by atoms with Crippen LogP contribution < -0.4 is 10.2 Å². The fourth-order valence-corrected chi connectivity index (χ4v) is 1.72. The Balaban J connectivity index is 2.73. The largest absolute Gasteiger partial charge is 0.384 e. The summed E-state index contributed by atoms with van der Waals surface area (Å²) in [5.74, 6) is 0. The van der Waals surface area contributed by atoms with Gasteiger partial charge < -0.3 is 15.0 Å². The number of nitriles is 1. The Labute approximate surface area is 115 Å². The van der Waals surface area contributed by atoms with Gasteiger partial charge >= 0.3 is 0 Å². The molecular formula is C14H22N4O. The van der Waals surface area contributed by atoms with Crippen molar-refractivity contribution in [2.45, 2.75) is 19.8 Å². The van der Waals surface area contributed by atoms with Gasteiger partial charge in [-0.3, -0.25) is 4.98 Å². The van der Waals surface area contributed by atoms with E-state index in [1.54, 1.807) is 7.11 Å². The minimum Gasteiger partial charge on any atom is -0.384 e.